The fourth-order valence-corrected chi connectivity index (χ4v) is 4.05. The van der Waals surface area contributed by atoms with Crippen LogP contribution in [0.5, 0.6) is 5.75 Å². The number of guanidine groups is 1. The van der Waals surface area contributed by atoms with Gasteiger partial charge in [-0.1, -0.05) is 31.4 Å². The summed E-state index contributed by atoms with van der Waals surface area (Å²) in [6.45, 7) is 4.16. The summed E-state index contributed by atoms with van der Waals surface area (Å²) in [6.07, 6.45) is 8.88. The van der Waals surface area contributed by atoms with E-state index in [0.29, 0.717) is 17.9 Å². The summed E-state index contributed by atoms with van der Waals surface area (Å²) in [6, 6.07) is 8.94. The van der Waals surface area contributed by atoms with Gasteiger partial charge in [-0.25, -0.2) is 0 Å². The Labute approximate surface area is 181 Å². The van der Waals surface area contributed by atoms with Gasteiger partial charge in [-0.2, -0.15) is 0 Å². The van der Waals surface area contributed by atoms with Gasteiger partial charge in [0.05, 0.1) is 7.11 Å². The molecule has 27 heavy (non-hydrogen) atoms. The van der Waals surface area contributed by atoms with Crippen molar-refractivity contribution in [2.24, 2.45) is 16.6 Å². The lowest BCUT2D eigenvalue weighted by Crippen LogP contribution is -2.41. The van der Waals surface area contributed by atoms with E-state index in [1.165, 1.54) is 50.5 Å². The van der Waals surface area contributed by atoms with E-state index in [1.54, 1.807) is 7.11 Å². The van der Waals surface area contributed by atoms with Gasteiger partial charge in [-0.3, -0.25) is 9.89 Å². The van der Waals surface area contributed by atoms with E-state index in [0.717, 1.165) is 31.9 Å². The van der Waals surface area contributed by atoms with Gasteiger partial charge in [-0.15, -0.1) is 24.0 Å². The zero-order chi connectivity index (χ0) is 18.2. The van der Waals surface area contributed by atoms with Crippen molar-refractivity contribution < 1.29 is 4.74 Å². The molecule has 1 saturated heterocycles. The van der Waals surface area contributed by atoms with Gasteiger partial charge in [0.15, 0.2) is 5.96 Å². The number of hydrogen-bond donors (Lipinski definition) is 2. The van der Waals surface area contributed by atoms with Crippen LogP contribution in [0.15, 0.2) is 29.3 Å². The van der Waals surface area contributed by atoms with Crippen LogP contribution in [0.25, 0.3) is 0 Å². The highest BCUT2D eigenvalue weighted by atomic mass is 127. The Morgan fingerprint density at radius 1 is 1.11 bits per heavy atom. The molecule has 3 rings (SSSR count). The first-order chi connectivity index (χ1) is 12.7. The Kier molecular flexibility index (Phi) is 9.68. The first kappa shape index (κ1) is 22.3. The van der Waals surface area contributed by atoms with Crippen LogP contribution in [0.3, 0.4) is 0 Å². The van der Waals surface area contributed by atoms with Crippen molar-refractivity contribution in [3.63, 3.8) is 0 Å². The fourth-order valence-electron chi connectivity index (χ4n) is 4.05. The molecule has 2 aliphatic rings. The molecule has 0 radical (unpaired) electrons. The number of nitrogens with one attached hydrogen (secondary N) is 1. The molecular weight excluding hydrogens is 451 g/mol. The van der Waals surface area contributed by atoms with Crippen LogP contribution < -0.4 is 15.8 Å². The quantitative estimate of drug-likeness (QED) is 0.365. The average molecular weight is 486 g/mol. The smallest absolute Gasteiger partial charge is 0.188 e. The number of ether oxygens (including phenoxy) is 1. The summed E-state index contributed by atoms with van der Waals surface area (Å²) in [7, 11) is 1.71. The Morgan fingerprint density at radius 2 is 1.78 bits per heavy atom. The second-order valence-corrected chi connectivity index (χ2v) is 7.77. The van der Waals surface area contributed by atoms with Crippen molar-refractivity contribution in [2.45, 2.75) is 57.5 Å². The largest absolute Gasteiger partial charge is 0.497 e. The van der Waals surface area contributed by atoms with Gasteiger partial charge < -0.3 is 15.8 Å². The molecule has 3 N–H and O–H groups in total. The van der Waals surface area contributed by atoms with Crippen molar-refractivity contribution in [3.8, 4) is 5.75 Å². The molecule has 0 atom stereocenters. The van der Waals surface area contributed by atoms with Gasteiger partial charge in [0.25, 0.3) is 0 Å². The topological polar surface area (TPSA) is 62.9 Å². The number of hydrogen-bond acceptors (Lipinski definition) is 3. The molecule has 0 bridgehead atoms. The van der Waals surface area contributed by atoms with Crippen LogP contribution in [0.4, 0.5) is 0 Å². The van der Waals surface area contributed by atoms with Gasteiger partial charge in [0.1, 0.15) is 5.75 Å². The van der Waals surface area contributed by atoms with Crippen molar-refractivity contribution in [1.82, 2.24) is 10.2 Å². The van der Waals surface area contributed by atoms with Gasteiger partial charge in [-0.05, 0) is 62.4 Å². The minimum Gasteiger partial charge on any atom is -0.497 e. The third-order valence-electron chi connectivity index (χ3n) is 5.75. The third kappa shape index (κ3) is 7.49. The number of methoxy groups -OCH3 is 1. The first-order valence-electron chi connectivity index (χ1n) is 10.1. The Hall–Kier alpha value is -1.02. The molecule has 0 aromatic heterocycles. The summed E-state index contributed by atoms with van der Waals surface area (Å²) in [5.41, 5.74) is 7.44. The Balaban J connectivity index is 0.00000261. The highest BCUT2D eigenvalue weighted by Gasteiger charge is 2.19. The predicted molar refractivity (Wildman–Crippen MR) is 123 cm³/mol. The van der Waals surface area contributed by atoms with Crippen LogP contribution in [-0.4, -0.2) is 43.6 Å². The first-order valence-corrected chi connectivity index (χ1v) is 10.1. The number of benzene rings is 1. The van der Waals surface area contributed by atoms with Crippen molar-refractivity contribution in [3.05, 3.63) is 29.8 Å². The molecule has 5 nitrogen and oxygen atoms in total. The number of aliphatic imine (C=N–C) groups is 1. The summed E-state index contributed by atoms with van der Waals surface area (Å²) in [5, 5.41) is 3.42. The van der Waals surface area contributed by atoms with Crippen LogP contribution in [0.1, 0.15) is 50.5 Å². The molecule has 0 amide bonds. The van der Waals surface area contributed by atoms with E-state index >= 15 is 0 Å². The van der Waals surface area contributed by atoms with E-state index in [1.807, 2.05) is 12.1 Å². The van der Waals surface area contributed by atoms with Crippen LogP contribution in [0.2, 0.25) is 0 Å². The van der Waals surface area contributed by atoms with Crippen molar-refractivity contribution >= 4 is 29.9 Å². The second-order valence-electron chi connectivity index (χ2n) is 7.77. The van der Waals surface area contributed by atoms with Gasteiger partial charge >= 0.3 is 0 Å². The van der Waals surface area contributed by atoms with Crippen LogP contribution >= 0.6 is 24.0 Å². The molecule has 1 heterocycles. The Morgan fingerprint density at radius 3 is 2.41 bits per heavy atom. The molecule has 0 unspecified atom stereocenters. The molecule has 2 fully saturated rings. The molecule has 1 aromatic carbocycles. The predicted octanol–water partition coefficient (Wildman–Crippen LogP) is 3.76. The van der Waals surface area contributed by atoms with Crippen molar-refractivity contribution in [1.29, 1.82) is 0 Å². The maximum Gasteiger partial charge on any atom is 0.188 e. The minimum atomic E-state index is 0. The third-order valence-corrected chi connectivity index (χ3v) is 5.75. The molecule has 1 aliphatic heterocycles. The lowest BCUT2D eigenvalue weighted by atomic mass is 9.95. The molecule has 1 aliphatic carbocycles. The number of nitrogens with zero attached hydrogens (tertiary/aromatic N) is 2. The summed E-state index contributed by atoms with van der Waals surface area (Å²) >= 11 is 0. The lowest BCUT2D eigenvalue weighted by molar-refractivity contribution is 0.180. The van der Waals surface area contributed by atoms with Crippen LogP contribution in [-0.2, 0) is 6.54 Å². The van der Waals surface area contributed by atoms with E-state index < -0.39 is 0 Å². The molecule has 6 heteroatoms. The zero-order valence-corrected chi connectivity index (χ0v) is 18.9. The lowest BCUT2D eigenvalue weighted by Gasteiger charge is -2.31. The van der Waals surface area contributed by atoms with E-state index in [2.05, 4.69) is 27.3 Å². The average Bonchev–Trinajstić information content (AvgIpc) is 2.69. The number of halogens is 1. The molecule has 0 spiro atoms. The summed E-state index contributed by atoms with van der Waals surface area (Å²) in [5.74, 6) is 2.23. The zero-order valence-electron chi connectivity index (χ0n) is 16.5. The maximum atomic E-state index is 6.09. The molecule has 152 valence electrons. The number of likely N-dealkylation sites (tertiary alicyclic amines) is 1. The molecule has 1 saturated carbocycles. The summed E-state index contributed by atoms with van der Waals surface area (Å²) in [4.78, 5) is 7.15. The van der Waals surface area contributed by atoms with Gasteiger partial charge in [0, 0.05) is 19.1 Å². The van der Waals surface area contributed by atoms with E-state index in [4.69, 9.17) is 10.5 Å². The Bertz CT molecular complexity index is 564. The summed E-state index contributed by atoms with van der Waals surface area (Å²) < 4.78 is 5.23. The standard InChI is InChI=1S/C21H34N4O.HI/c1-26-20-9-7-18(8-10-20)16-25-13-11-17(12-14-25)15-23-21(22)24-19-5-3-2-4-6-19;/h7-10,17,19H,2-6,11-16H2,1H3,(H3,22,23,24);1H. The highest BCUT2D eigenvalue weighted by Crippen LogP contribution is 2.21. The van der Waals surface area contributed by atoms with Crippen molar-refractivity contribution in [2.75, 3.05) is 26.7 Å². The SMILES string of the molecule is COc1ccc(CN2CCC(CN=C(N)NC3CCCCC3)CC2)cc1.I. The molecule has 1 aromatic rings. The second kappa shape index (κ2) is 11.7. The fraction of sp³-hybridized carbons (Fsp3) is 0.667. The van der Waals surface area contributed by atoms with Crippen LogP contribution in [0, 0.1) is 5.92 Å². The minimum absolute atomic E-state index is 0. The van der Waals surface area contributed by atoms with E-state index in [-0.39, 0.29) is 24.0 Å². The normalized spacial score (nSPS) is 20.1. The highest BCUT2D eigenvalue weighted by molar-refractivity contribution is 14.0. The number of piperidine rings is 1. The number of rotatable bonds is 6. The number of nitrogens with two attached hydrogens (primary N) is 1. The monoisotopic (exact) mass is 486 g/mol. The maximum absolute atomic E-state index is 6.09. The molecular formula is C21H35IN4O. The van der Waals surface area contributed by atoms with Gasteiger partial charge in [0.2, 0.25) is 0 Å². The van der Waals surface area contributed by atoms with E-state index in [9.17, 15) is 0 Å².